The average molecular weight is 417 g/mol. The second kappa shape index (κ2) is 12.2. The van der Waals surface area contributed by atoms with Gasteiger partial charge in [0.2, 0.25) is 0 Å². The van der Waals surface area contributed by atoms with Gasteiger partial charge in [-0.2, -0.15) is 8.42 Å². The van der Waals surface area contributed by atoms with E-state index in [4.69, 9.17) is 4.74 Å². The summed E-state index contributed by atoms with van der Waals surface area (Å²) >= 11 is 0. The fraction of sp³-hybridized carbons (Fsp3) is 0.400. The molecule has 0 unspecified atom stereocenters. The van der Waals surface area contributed by atoms with E-state index in [1.54, 1.807) is 18.2 Å². The third-order valence-electron chi connectivity index (χ3n) is 4.22. The standard InChI is InChI=1S/C20H26O5S.K/c1-2-3-4-5-6-7-11-16-18(14-10-15-20(16)26(22,23)24)25-19-13-9-8-12-17(19)21;/h8-10,12-15,21H,2-7,11H2,1H3,(H,22,23,24);/q;+1/p-1. The first kappa shape index (κ1) is 24.6. The Morgan fingerprint density at radius 1 is 0.926 bits per heavy atom. The van der Waals surface area contributed by atoms with Gasteiger partial charge in [0.1, 0.15) is 16.4 Å². The summed E-state index contributed by atoms with van der Waals surface area (Å²) in [7, 11) is -4.37. The molecular formula is C20H25KO5S. The molecule has 2 aromatic rings. The average Bonchev–Trinajstić information content (AvgIpc) is 2.60. The van der Waals surface area contributed by atoms with Crippen molar-refractivity contribution in [3.63, 3.8) is 0 Å². The molecule has 0 saturated heterocycles. The molecule has 5 nitrogen and oxygen atoms in total. The van der Waals surface area contributed by atoms with Gasteiger partial charge < -0.3 is 9.84 Å². The number of unbranched alkanes of at least 4 members (excludes halogenated alkanes) is 5. The van der Waals surface area contributed by atoms with Crippen LogP contribution in [-0.4, -0.2) is 13.0 Å². The minimum absolute atomic E-state index is 0. The first-order valence-electron chi connectivity index (χ1n) is 8.96. The normalized spacial score (nSPS) is 11.0. The van der Waals surface area contributed by atoms with Gasteiger partial charge in [0, 0.05) is 5.56 Å². The third-order valence-corrected chi connectivity index (χ3v) is 5.16. The summed E-state index contributed by atoms with van der Waals surface area (Å²) in [6, 6.07) is 10.7. The maximum Gasteiger partial charge on any atom is 1.00 e. The van der Waals surface area contributed by atoms with Gasteiger partial charge in [-0.3, -0.25) is 4.55 Å². The maximum atomic E-state index is 11.9. The number of para-hydroxylation sites is 2. The maximum absolute atomic E-state index is 11.9. The molecule has 0 aliphatic heterocycles. The molecule has 0 spiro atoms. The van der Waals surface area contributed by atoms with Crippen molar-refractivity contribution in [2.75, 3.05) is 0 Å². The SMILES string of the molecule is CCCCCCCCc1c(Oc2ccccc2[O-])cccc1S(=O)(=O)O.[K+]. The molecule has 0 bridgehead atoms. The Bertz CT molecular complexity index is 821. The number of hydrogen-bond acceptors (Lipinski definition) is 4. The predicted octanol–water partition coefficient (Wildman–Crippen LogP) is 1.71. The smallest absolute Gasteiger partial charge is 0.870 e. The molecule has 2 rings (SSSR count). The molecular weight excluding hydrogens is 391 g/mol. The van der Waals surface area contributed by atoms with Crippen LogP contribution in [0.3, 0.4) is 0 Å². The summed E-state index contributed by atoms with van der Waals surface area (Å²) in [5, 5.41) is 11.9. The van der Waals surface area contributed by atoms with Crippen molar-refractivity contribution >= 4 is 10.1 Å². The predicted molar refractivity (Wildman–Crippen MR) is 99.3 cm³/mol. The van der Waals surface area contributed by atoms with E-state index in [2.05, 4.69) is 6.92 Å². The third kappa shape index (κ3) is 7.85. The first-order valence-corrected chi connectivity index (χ1v) is 10.4. The van der Waals surface area contributed by atoms with E-state index in [-0.39, 0.29) is 73.5 Å². The van der Waals surface area contributed by atoms with Gasteiger partial charge in [-0.25, -0.2) is 0 Å². The molecule has 142 valence electrons. The largest absolute Gasteiger partial charge is 1.00 e. The minimum Gasteiger partial charge on any atom is -0.870 e. The van der Waals surface area contributed by atoms with Crippen LogP contribution in [0.4, 0.5) is 0 Å². The van der Waals surface area contributed by atoms with Crippen molar-refractivity contribution in [3.05, 3.63) is 48.0 Å². The Hall–Kier alpha value is -0.414. The van der Waals surface area contributed by atoms with Gasteiger partial charge in [0.15, 0.2) is 0 Å². The molecule has 2 aromatic carbocycles. The fourth-order valence-corrected chi connectivity index (χ4v) is 3.63. The van der Waals surface area contributed by atoms with Crippen LogP contribution in [0.2, 0.25) is 0 Å². The van der Waals surface area contributed by atoms with Crippen LogP contribution in [0, 0.1) is 0 Å². The summed E-state index contributed by atoms with van der Waals surface area (Å²) in [6.45, 7) is 2.15. The Kier molecular flexibility index (Phi) is 11.1. The Labute approximate surface area is 204 Å². The zero-order valence-electron chi connectivity index (χ0n) is 16.0. The van der Waals surface area contributed by atoms with Crippen molar-refractivity contribution in [3.8, 4) is 17.2 Å². The van der Waals surface area contributed by atoms with E-state index >= 15 is 0 Å². The molecule has 0 fully saturated rings. The van der Waals surface area contributed by atoms with E-state index in [9.17, 15) is 18.1 Å². The summed E-state index contributed by atoms with van der Waals surface area (Å²) in [5.74, 6) is 0.136. The van der Waals surface area contributed by atoms with Crippen LogP contribution in [0.25, 0.3) is 0 Å². The molecule has 0 aromatic heterocycles. The van der Waals surface area contributed by atoms with E-state index in [1.165, 1.54) is 30.7 Å². The van der Waals surface area contributed by atoms with Crippen molar-refractivity contribution in [1.82, 2.24) is 0 Å². The molecule has 0 atom stereocenters. The van der Waals surface area contributed by atoms with Crippen LogP contribution in [0.1, 0.15) is 51.0 Å². The Balaban J connectivity index is 0.00000364. The van der Waals surface area contributed by atoms with E-state index in [0.717, 1.165) is 32.1 Å². The van der Waals surface area contributed by atoms with E-state index in [1.807, 2.05) is 0 Å². The second-order valence-electron chi connectivity index (χ2n) is 6.27. The molecule has 0 saturated carbocycles. The summed E-state index contributed by atoms with van der Waals surface area (Å²) in [6.07, 6.45) is 6.81. The monoisotopic (exact) mass is 416 g/mol. The van der Waals surface area contributed by atoms with Crippen molar-refractivity contribution in [2.24, 2.45) is 0 Å². The van der Waals surface area contributed by atoms with Gasteiger partial charge >= 0.3 is 51.4 Å². The molecule has 1 N–H and O–H groups in total. The van der Waals surface area contributed by atoms with Crippen LogP contribution < -0.4 is 61.2 Å². The second-order valence-corrected chi connectivity index (χ2v) is 7.66. The first-order chi connectivity index (χ1) is 12.4. The minimum atomic E-state index is -4.37. The topological polar surface area (TPSA) is 86.7 Å². The molecule has 7 heteroatoms. The molecule has 0 aliphatic carbocycles. The van der Waals surface area contributed by atoms with Gasteiger partial charge in [0.25, 0.3) is 10.1 Å². The van der Waals surface area contributed by atoms with Gasteiger partial charge in [0.05, 0.1) is 0 Å². The van der Waals surface area contributed by atoms with E-state index < -0.39 is 10.1 Å². The number of rotatable bonds is 10. The van der Waals surface area contributed by atoms with Crippen LogP contribution in [0.15, 0.2) is 47.4 Å². The molecule has 0 heterocycles. The quantitative estimate of drug-likeness (QED) is 0.362. The Morgan fingerprint density at radius 3 is 2.22 bits per heavy atom. The molecule has 0 amide bonds. The van der Waals surface area contributed by atoms with Crippen molar-refractivity contribution in [2.45, 2.75) is 56.8 Å². The zero-order valence-corrected chi connectivity index (χ0v) is 19.9. The van der Waals surface area contributed by atoms with Gasteiger partial charge in [-0.15, -0.1) is 0 Å². The summed E-state index contributed by atoms with van der Waals surface area (Å²) in [5.41, 5.74) is 0.411. The Morgan fingerprint density at radius 2 is 1.56 bits per heavy atom. The van der Waals surface area contributed by atoms with Crippen molar-refractivity contribution < 1.29 is 74.2 Å². The number of benzene rings is 2. The number of ether oxygens (including phenoxy) is 1. The molecule has 27 heavy (non-hydrogen) atoms. The number of hydrogen-bond donors (Lipinski definition) is 1. The van der Waals surface area contributed by atoms with Crippen LogP contribution >= 0.6 is 0 Å². The molecule has 0 radical (unpaired) electrons. The van der Waals surface area contributed by atoms with Gasteiger partial charge in [-0.05, 0) is 31.0 Å². The zero-order chi connectivity index (χ0) is 19.0. The van der Waals surface area contributed by atoms with Crippen LogP contribution in [-0.2, 0) is 16.5 Å². The molecule has 0 aliphatic rings. The van der Waals surface area contributed by atoms with Gasteiger partial charge in [-0.1, -0.05) is 69.0 Å². The fourth-order valence-electron chi connectivity index (χ4n) is 2.86. The summed E-state index contributed by atoms with van der Waals surface area (Å²) < 4.78 is 38.7. The van der Waals surface area contributed by atoms with Crippen LogP contribution in [0.5, 0.6) is 17.2 Å². The van der Waals surface area contributed by atoms with E-state index in [0.29, 0.717) is 12.0 Å². The van der Waals surface area contributed by atoms with Crippen molar-refractivity contribution in [1.29, 1.82) is 0 Å². The summed E-state index contributed by atoms with van der Waals surface area (Å²) in [4.78, 5) is -0.160.